The van der Waals surface area contributed by atoms with Crippen molar-refractivity contribution in [2.75, 3.05) is 13.7 Å². The Bertz CT molecular complexity index is 378. The molecule has 5 heteroatoms. The highest BCUT2D eigenvalue weighted by molar-refractivity contribution is 5.77. The molecule has 0 bridgehead atoms. The highest BCUT2D eigenvalue weighted by atomic mass is 19.1. The summed E-state index contributed by atoms with van der Waals surface area (Å²) in [6.07, 6.45) is -1.96. The molecule has 0 saturated heterocycles. The summed E-state index contributed by atoms with van der Waals surface area (Å²) < 4.78 is 23.1. The molecule has 16 heavy (non-hydrogen) atoms. The van der Waals surface area contributed by atoms with Crippen molar-refractivity contribution < 1.29 is 23.8 Å². The zero-order valence-corrected chi connectivity index (χ0v) is 9.07. The quantitative estimate of drug-likeness (QED) is 0.800. The second-order valence-corrected chi connectivity index (χ2v) is 3.04. The minimum Gasteiger partial charge on any atom is -0.508 e. The monoisotopic (exact) mass is 228 g/mol. The lowest BCUT2D eigenvalue weighted by Gasteiger charge is -2.12. The highest BCUT2D eigenvalue weighted by Crippen LogP contribution is 2.31. The molecule has 1 unspecified atom stereocenters. The number of benzene rings is 1. The van der Waals surface area contributed by atoms with Gasteiger partial charge in [0.25, 0.3) is 0 Å². The van der Waals surface area contributed by atoms with E-state index in [1.807, 2.05) is 0 Å². The van der Waals surface area contributed by atoms with Crippen molar-refractivity contribution in [3.8, 4) is 11.5 Å². The van der Waals surface area contributed by atoms with Gasteiger partial charge >= 0.3 is 5.97 Å². The van der Waals surface area contributed by atoms with Crippen molar-refractivity contribution in [3.05, 3.63) is 23.8 Å². The van der Waals surface area contributed by atoms with Crippen LogP contribution in [0.3, 0.4) is 0 Å². The largest absolute Gasteiger partial charge is 0.508 e. The van der Waals surface area contributed by atoms with Crippen LogP contribution in [0.25, 0.3) is 0 Å². The number of methoxy groups -OCH3 is 1. The van der Waals surface area contributed by atoms with E-state index in [1.165, 1.54) is 19.2 Å². The predicted molar refractivity (Wildman–Crippen MR) is 55.1 cm³/mol. The molecule has 1 N–H and O–H groups in total. The Morgan fingerprint density at radius 3 is 2.81 bits per heavy atom. The molecule has 0 fully saturated rings. The van der Waals surface area contributed by atoms with Gasteiger partial charge in [-0.05, 0) is 25.1 Å². The van der Waals surface area contributed by atoms with E-state index in [2.05, 4.69) is 4.74 Å². The van der Waals surface area contributed by atoms with Crippen LogP contribution in [0.1, 0.15) is 18.7 Å². The third-order valence-corrected chi connectivity index (χ3v) is 1.98. The van der Waals surface area contributed by atoms with Crippen LogP contribution in [0, 0.1) is 0 Å². The van der Waals surface area contributed by atoms with Gasteiger partial charge in [-0.15, -0.1) is 0 Å². The van der Waals surface area contributed by atoms with E-state index in [1.54, 1.807) is 6.92 Å². The molecule has 1 atom stereocenters. The van der Waals surface area contributed by atoms with Crippen molar-refractivity contribution in [3.63, 3.8) is 0 Å². The SMILES string of the molecule is CCOC(=O)C(F)c1cc(O)ccc1OC. The molecular weight excluding hydrogens is 215 g/mol. The molecule has 0 aliphatic rings. The van der Waals surface area contributed by atoms with Gasteiger partial charge in [0, 0.05) is 5.56 Å². The lowest BCUT2D eigenvalue weighted by molar-refractivity contribution is -0.149. The standard InChI is InChI=1S/C11H13FO4/c1-3-16-11(14)10(12)8-6-7(13)4-5-9(8)15-2/h4-6,10,13H,3H2,1-2H3. The Hall–Kier alpha value is -1.78. The van der Waals surface area contributed by atoms with Gasteiger partial charge in [0.2, 0.25) is 6.17 Å². The van der Waals surface area contributed by atoms with Crippen molar-refractivity contribution >= 4 is 5.97 Å². The zero-order chi connectivity index (χ0) is 12.1. The van der Waals surface area contributed by atoms with Crippen molar-refractivity contribution in [1.29, 1.82) is 0 Å². The molecule has 1 aromatic rings. The molecule has 4 nitrogen and oxygen atoms in total. The number of halogens is 1. The second-order valence-electron chi connectivity index (χ2n) is 3.04. The summed E-state index contributed by atoms with van der Waals surface area (Å²) >= 11 is 0. The number of rotatable bonds is 4. The van der Waals surface area contributed by atoms with Gasteiger partial charge in [-0.2, -0.15) is 0 Å². The van der Waals surface area contributed by atoms with E-state index in [0.717, 1.165) is 6.07 Å². The second kappa shape index (κ2) is 5.34. The van der Waals surface area contributed by atoms with Crippen LogP contribution in [0.15, 0.2) is 18.2 Å². The van der Waals surface area contributed by atoms with Crippen molar-refractivity contribution in [2.45, 2.75) is 13.1 Å². The number of hydrogen-bond donors (Lipinski definition) is 1. The van der Waals surface area contributed by atoms with Crippen LogP contribution < -0.4 is 4.74 Å². The predicted octanol–water partition coefficient (Wildman–Crippen LogP) is 1.97. The van der Waals surface area contributed by atoms with Crippen LogP contribution >= 0.6 is 0 Å². The smallest absolute Gasteiger partial charge is 0.345 e. The van der Waals surface area contributed by atoms with E-state index in [-0.39, 0.29) is 23.7 Å². The third-order valence-electron chi connectivity index (χ3n) is 1.98. The Balaban J connectivity index is 3.01. The van der Waals surface area contributed by atoms with Crippen LogP contribution in [-0.2, 0) is 9.53 Å². The molecule has 0 spiro atoms. The summed E-state index contributed by atoms with van der Waals surface area (Å²) in [4.78, 5) is 11.2. The number of carbonyl (C=O) groups excluding carboxylic acids is 1. The molecule has 0 heterocycles. The number of carbonyl (C=O) groups is 1. The first kappa shape index (κ1) is 12.3. The lowest BCUT2D eigenvalue weighted by atomic mass is 10.1. The van der Waals surface area contributed by atoms with Crippen molar-refractivity contribution in [1.82, 2.24) is 0 Å². The van der Waals surface area contributed by atoms with Gasteiger partial charge in [-0.25, -0.2) is 9.18 Å². The third kappa shape index (κ3) is 2.62. The first-order chi connectivity index (χ1) is 7.60. The number of aromatic hydroxyl groups is 1. The maximum absolute atomic E-state index is 13.7. The zero-order valence-electron chi connectivity index (χ0n) is 9.07. The molecular formula is C11H13FO4. The summed E-state index contributed by atoms with van der Waals surface area (Å²) in [5.74, 6) is -0.937. The van der Waals surface area contributed by atoms with Crippen LogP contribution in [0.5, 0.6) is 11.5 Å². The van der Waals surface area contributed by atoms with Gasteiger partial charge in [0.1, 0.15) is 11.5 Å². The van der Waals surface area contributed by atoms with E-state index in [0.29, 0.717) is 0 Å². The average molecular weight is 228 g/mol. The molecule has 0 aromatic heterocycles. The molecule has 88 valence electrons. The van der Waals surface area contributed by atoms with Gasteiger partial charge in [-0.1, -0.05) is 0 Å². The molecule has 0 saturated carbocycles. The maximum atomic E-state index is 13.7. The van der Waals surface area contributed by atoms with E-state index in [9.17, 15) is 14.3 Å². The molecule has 0 aliphatic carbocycles. The average Bonchev–Trinajstić information content (AvgIpc) is 2.28. The van der Waals surface area contributed by atoms with Gasteiger partial charge in [0.15, 0.2) is 0 Å². The molecule has 1 aromatic carbocycles. The molecule has 0 radical (unpaired) electrons. The minimum atomic E-state index is -1.96. The Morgan fingerprint density at radius 2 is 2.25 bits per heavy atom. The number of phenolic OH excluding ortho intramolecular Hbond substituents is 1. The van der Waals surface area contributed by atoms with Crippen LogP contribution in [-0.4, -0.2) is 24.8 Å². The van der Waals surface area contributed by atoms with Crippen molar-refractivity contribution in [2.24, 2.45) is 0 Å². The molecule has 0 aliphatic heterocycles. The highest BCUT2D eigenvalue weighted by Gasteiger charge is 2.24. The molecule has 0 amide bonds. The van der Waals surface area contributed by atoms with E-state index >= 15 is 0 Å². The lowest BCUT2D eigenvalue weighted by Crippen LogP contribution is -2.12. The normalized spacial score (nSPS) is 11.9. The summed E-state index contributed by atoms with van der Waals surface area (Å²) in [6, 6.07) is 3.87. The fourth-order valence-electron chi connectivity index (χ4n) is 1.26. The van der Waals surface area contributed by atoms with Gasteiger partial charge in [0.05, 0.1) is 13.7 Å². The summed E-state index contributed by atoms with van der Waals surface area (Å²) in [5, 5.41) is 9.22. The van der Waals surface area contributed by atoms with E-state index in [4.69, 9.17) is 4.74 Å². The van der Waals surface area contributed by atoms with Gasteiger partial charge in [-0.3, -0.25) is 0 Å². The Morgan fingerprint density at radius 1 is 1.56 bits per heavy atom. The summed E-state index contributed by atoms with van der Waals surface area (Å²) in [5.41, 5.74) is -0.0408. The minimum absolute atomic E-state index is 0.0408. The summed E-state index contributed by atoms with van der Waals surface area (Å²) in [6.45, 7) is 1.69. The number of phenols is 1. The topological polar surface area (TPSA) is 55.8 Å². The first-order valence-electron chi connectivity index (χ1n) is 4.77. The number of alkyl halides is 1. The first-order valence-corrected chi connectivity index (χ1v) is 4.77. The number of ether oxygens (including phenoxy) is 2. The Labute approximate surface area is 92.6 Å². The van der Waals surface area contributed by atoms with Gasteiger partial charge < -0.3 is 14.6 Å². The number of esters is 1. The summed E-state index contributed by atoms with van der Waals surface area (Å²) in [7, 11) is 1.35. The van der Waals surface area contributed by atoms with Crippen LogP contribution in [0.4, 0.5) is 4.39 Å². The fraction of sp³-hybridized carbons (Fsp3) is 0.364. The maximum Gasteiger partial charge on any atom is 0.345 e. The van der Waals surface area contributed by atoms with Crippen LogP contribution in [0.2, 0.25) is 0 Å². The molecule has 1 rings (SSSR count). The number of hydrogen-bond acceptors (Lipinski definition) is 4. The fourth-order valence-corrected chi connectivity index (χ4v) is 1.26. The Kier molecular flexibility index (Phi) is 4.10. The van der Waals surface area contributed by atoms with E-state index < -0.39 is 12.1 Å².